The second kappa shape index (κ2) is 9.71. The second-order valence-electron chi connectivity index (χ2n) is 5.79. The number of rotatable bonds is 8. The summed E-state index contributed by atoms with van der Waals surface area (Å²) in [6.07, 6.45) is 3.13. The van der Waals surface area contributed by atoms with E-state index >= 15 is 0 Å². The van der Waals surface area contributed by atoms with Gasteiger partial charge in [-0.05, 0) is 41.7 Å². The molecule has 2 rings (SSSR count). The molecule has 2 aromatic rings. The van der Waals surface area contributed by atoms with Crippen molar-refractivity contribution < 1.29 is 13.9 Å². The third kappa shape index (κ3) is 6.41. The summed E-state index contributed by atoms with van der Waals surface area (Å²) in [4.78, 5) is 11.4. The number of alkyl carbamates (subject to hydrolysis) is 1. The number of hydrogen-bond acceptors (Lipinski definition) is 2. The number of carbonyl (C=O) groups is 1. The van der Waals surface area contributed by atoms with Crippen LogP contribution in [0.25, 0.3) is 0 Å². The van der Waals surface area contributed by atoms with Gasteiger partial charge in [0.05, 0.1) is 6.61 Å². The highest BCUT2D eigenvalue weighted by Gasteiger charge is 2.02. The largest absolute Gasteiger partial charge is 0.449 e. The van der Waals surface area contributed by atoms with E-state index in [1.807, 2.05) is 12.1 Å². The van der Waals surface area contributed by atoms with Gasteiger partial charge in [-0.25, -0.2) is 9.18 Å². The summed E-state index contributed by atoms with van der Waals surface area (Å²) in [6.45, 7) is 3.11. The molecule has 0 aliphatic rings. The molecule has 1 amide bonds. The fraction of sp³-hybridized carbons (Fsp3) is 0.350. The molecule has 0 saturated carbocycles. The Bertz CT molecular complexity index is 623. The fourth-order valence-corrected chi connectivity index (χ4v) is 2.34. The van der Waals surface area contributed by atoms with Crippen LogP contribution in [0.3, 0.4) is 0 Å². The highest BCUT2D eigenvalue weighted by atomic mass is 19.1. The molecule has 0 bridgehead atoms. The lowest BCUT2D eigenvalue weighted by Gasteiger charge is -2.07. The molecule has 3 nitrogen and oxygen atoms in total. The molecule has 0 fully saturated rings. The molecule has 128 valence electrons. The maximum absolute atomic E-state index is 12.9. The first-order chi connectivity index (χ1) is 11.7. The fourth-order valence-electron chi connectivity index (χ4n) is 2.34. The summed E-state index contributed by atoms with van der Waals surface area (Å²) in [5.74, 6) is -0.215. The summed E-state index contributed by atoms with van der Waals surface area (Å²) in [7, 11) is 0. The van der Waals surface area contributed by atoms with E-state index in [0.717, 1.165) is 30.4 Å². The highest BCUT2D eigenvalue weighted by molar-refractivity contribution is 5.67. The van der Waals surface area contributed by atoms with Crippen LogP contribution in [0.15, 0.2) is 48.5 Å². The molecule has 2 aromatic carbocycles. The van der Waals surface area contributed by atoms with Gasteiger partial charge in [0.1, 0.15) is 5.82 Å². The van der Waals surface area contributed by atoms with Crippen molar-refractivity contribution in [2.75, 3.05) is 13.2 Å². The molecule has 1 N–H and O–H groups in total. The lowest BCUT2D eigenvalue weighted by Crippen LogP contribution is -2.25. The van der Waals surface area contributed by atoms with Crippen molar-refractivity contribution in [1.82, 2.24) is 5.32 Å². The highest BCUT2D eigenvalue weighted by Crippen LogP contribution is 2.12. The van der Waals surface area contributed by atoms with Gasteiger partial charge in [0.15, 0.2) is 0 Å². The maximum atomic E-state index is 12.9. The molecule has 0 atom stereocenters. The lowest BCUT2D eigenvalue weighted by molar-refractivity contribution is 0.147. The quantitative estimate of drug-likeness (QED) is 0.725. The van der Waals surface area contributed by atoms with Crippen LogP contribution in [0.1, 0.15) is 36.5 Å². The standard InChI is InChI=1S/C20H24FNO2/c1-2-3-13-22-20(23)24-14-12-16-4-6-17(7-5-16)15-18-8-10-19(21)11-9-18/h4-11H,2-3,12-15H2,1H3,(H,22,23). The van der Waals surface area contributed by atoms with E-state index < -0.39 is 0 Å². The van der Waals surface area contributed by atoms with E-state index in [2.05, 4.69) is 24.4 Å². The molecular weight excluding hydrogens is 305 g/mol. The van der Waals surface area contributed by atoms with Crippen LogP contribution >= 0.6 is 0 Å². The molecule has 0 heterocycles. The monoisotopic (exact) mass is 329 g/mol. The van der Waals surface area contributed by atoms with Crippen molar-refractivity contribution in [3.8, 4) is 0 Å². The maximum Gasteiger partial charge on any atom is 0.407 e. The van der Waals surface area contributed by atoms with E-state index in [1.54, 1.807) is 12.1 Å². The minimum atomic E-state index is -0.351. The predicted molar refractivity (Wildman–Crippen MR) is 93.6 cm³/mol. The number of amides is 1. The zero-order valence-electron chi connectivity index (χ0n) is 14.1. The van der Waals surface area contributed by atoms with Crippen molar-refractivity contribution in [1.29, 1.82) is 0 Å². The summed E-state index contributed by atoms with van der Waals surface area (Å²) in [6, 6.07) is 14.7. The predicted octanol–water partition coefficient (Wildman–Crippen LogP) is 4.49. The van der Waals surface area contributed by atoms with Gasteiger partial charge in [0.2, 0.25) is 0 Å². The molecule has 0 aliphatic heterocycles. The lowest BCUT2D eigenvalue weighted by atomic mass is 10.0. The molecular formula is C20H24FNO2. The minimum absolute atomic E-state index is 0.215. The Hall–Kier alpha value is -2.36. The Morgan fingerprint density at radius 1 is 1.00 bits per heavy atom. The average molecular weight is 329 g/mol. The second-order valence-corrected chi connectivity index (χ2v) is 5.79. The summed E-state index contributed by atoms with van der Waals surface area (Å²) >= 11 is 0. The summed E-state index contributed by atoms with van der Waals surface area (Å²) in [5.41, 5.74) is 3.37. The smallest absolute Gasteiger partial charge is 0.407 e. The molecule has 24 heavy (non-hydrogen) atoms. The number of halogens is 1. The zero-order chi connectivity index (χ0) is 17.2. The van der Waals surface area contributed by atoms with Gasteiger partial charge < -0.3 is 10.1 Å². The Morgan fingerprint density at radius 3 is 2.21 bits per heavy atom. The van der Waals surface area contributed by atoms with Crippen molar-refractivity contribution in [2.45, 2.75) is 32.6 Å². The Morgan fingerprint density at radius 2 is 1.58 bits per heavy atom. The molecule has 4 heteroatoms. The van der Waals surface area contributed by atoms with Gasteiger partial charge in [0.25, 0.3) is 0 Å². The minimum Gasteiger partial charge on any atom is -0.449 e. The summed E-state index contributed by atoms with van der Waals surface area (Å²) < 4.78 is 18.0. The van der Waals surface area contributed by atoms with Gasteiger partial charge in [0, 0.05) is 13.0 Å². The van der Waals surface area contributed by atoms with E-state index in [4.69, 9.17) is 4.74 Å². The number of unbranched alkanes of at least 4 members (excludes halogenated alkanes) is 1. The Labute approximate surface area is 142 Å². The van der Waals surface area contributed by atoms with E-state index in [9.17, 15) is 9.18 Å². The normalized spacial score (nSPS) is 10.4. The van der Waals surface area contributed by atoms with Gasteiger partial charge in [-0.15, -0.1) is 0 Å². The SMILES string of the molecule is CCCCNC(=O)OCCc1ccc(Cc2ccc(F)cc2)cc1. The van der Waals surface area contributed by atoms with E-state index in [1.165, 1.54) is 17.7 Å². The van der Waals surface area contributed by atoms with Crippen molar-refractivity contribution in [2.24, 2.45) is 0 Å². The number of carbonyl (C=O) groups excluding carboxylic acids is 1. The van der Waals surface area contributed by atoms with E-state index in [-0.39, 0.29) is 11.9 Å². The number of benzene rings is 2. The van der Waals surface area contributed by atoms with Crippen molar-refractivity contribution in [3.05, 3.63) is 71.0 Å². The first-order valence-electron chi connectivity index (χ1n) is 8.40. The first-order valence-corrected chi connectivity index (χ1v) is 8.40. The van der Waals surface area contributed by atoms with Gasteiger partial charge >= 0.3 is 6.09 Å². The van der Waals surface area contributed by atoms with Crippen LogP contribution in [0.4, 0.5) is 9.18 Å². The van der Waals surface area contributed by atoms with Crippen LogP contribution in [0.5, 0.6) is 0 Å². The van der Waals surface area contributed by atoms with Gasteiger partial charge in [-0.3, -0.25) is 0 Å². The van der Waals surface area contributed by atoms with Crippen LogP contribution in [0, 0.1) is 5.82 Å². The zero-order valence-corrected chi connectivity index (χ0v) is 14.1. The molecule has 0 radical (unpaired) electrons. The molecule has 0 saturated heterocycles. The third-order valence-corrected chi connectivity index (χ3v) is 3.77. The Kier molecular flexibility index (Phi) is 7.27. The van der Waals surface area contributed by atoms with Crippen molar-refractivity contribution >= 4 is 6.09 Å². The molecule has 0 spiro atoms. The van der Waals surface area contributed by atoms with Crippen molar-refractivity contribution in [3.63, 3.8) is 0 Å². The van der Waals surface area contributed by atoms with Gasteiger partial charge in [-0.1, -0.05) is 49.7 Å². The average Bonchev–Trinajstić information content (AvgIpc) is 2.59. The molecule has 0 aliphatic carbocycles. The van der Waals surface area contributed by atoms with Crippen LogP contribution in [-0.2, 0) is 17.6 Å². The van der Waals surface area contributed by atoms with Gasteiger partial charge in [-0.2, -0.15) is 0 Å². The topological polar surface area (TPSA) is 38.3 Å². The van der Waals surface area contributed by atoms with Crippen LogP contribution in [-0.4, -0.2) is 19.2 Å². The number of ether oxygens (including phenoxy) is 1. The van der Waals surface area contributed by atoms with Crippen LogP contribution in [0.2, 0.25) is 0 Å². The molecule has 0 aromatic heterocycles. The first kappa shape index (κ1) is 18.0. The third-order valence-electron chi connectivity index (χ3n) is 3.77. The number of hydrogen-bond donors (Lipinski definition) is 1. The van der Waals surface area contributed by atoms with E-state index in [0.29, 0.717) is 19.6 Å². The van der Waals surface area contributed by atoms with Crippen LogP contribution < -0.4 is 5.32 Å². The molecule has 0 unspecified atom stereocenters. The Balaban J connectivity index is 1.73. The number of nitrogens with one attached hydrogen (secondary N) is 1. The summed E-state index contributed by atoms with van der Waals surface area (Å²) in [5, 5.41) is 2.72.